The lowest BCUT2D eigenvalue weighted by atomic mass is 10.2. The number of carbonyl (C=O) groups excluding carboxylic acids is 1. The van der Waals surface area contributed by atoms with Crippen molar-refractivity contribution in [3.05, 3.63) is 76.8 Å². The molecule has 0 spiro atoms. The summed E-state index contributed by atoms with van der Waals surface area (Å²) in [6.07, 6.45) is 1.62. The van der Waals surface area contributed by atoms with Gasteiger partial charge < -0.3 is 14.3 Å². The van der Waals surface area contributed by atoms with Crippen LogP contribution in [-0.2, 0) is 6.54 Å². The Hall–Kier alpha value is -2.82. The maximum atomic E-state index is 13.9. The van der Waals surface area contributed by atoms with Crippen molar-refractivity contribution in [3.8, 4) is 0 Å². The molecule has 0 unspecified atom stereocenters. The van der Waals surface area contributed by atoms with Crippen LogP contribution in [0.5, 0.6) is 0 Å². The minimum Gasteiger partial charge on any atom is -0.467 e. The van der Waals surface area contributed by atoms with Crippen LogP contribution in [0.4, 0.5) is 10.1 Å². The highest BCUT2D eigenvalue weighted by atomic mass is 19.1. The minimum absolute atomic E-state index is 0.191. The average Bonchev–Trinajstić information content (AvgIpc) is 3.14. The molecule has 0 aliphatic heterocycles. The van der Waals surface area contributed by atoms with Gasteiger partial charge in [-0.25, -0.2) is 4.39 Å². The summed E-state index contributed by atoms with van der Waals surface area (Å²) in [5.41, 5.74) is 3.36. The van der Waals surface area contributed by atoms with Gasteiger partial charge in [0.25, 0.3) is 5.91 Å². The van der Waals surface area contributed by atoms with Gasteiger partial charge in [-0.3, -0.25) is 4.79 Å². The fourth-order valence-electron chi connectivity index (χ4n) is 2.76. The van der Waals surface area contributed by atoms with Crippen molar-refractivity contribution in [1.82, 2.24) is 4.57 Å². The van der Waals surface area contributed by atoms with Gasteiger partial charge >= 0.3 is 0 Å². The van der Waals surface area contributed by atoms with E-state index in [0.717, 1.165) is 22.7 Å². The molecule has 3 aromatic rings. The Balaban J connectivity index is 1.86. The van der Waals surface area contributed by atoms with Gasteiger partial charge in [0.2, 0.25) is 0 Å². The van der Waals surface area contributed by atoms with Crippen LogP contribution in [-0.4, -0.2) is 10.5 Å². The Morgan fingerprint density at radius 3 is 2.71 bits per heavy atom. The maximum absolute atomic E-state index is 13.9. The Morgan fingerprint density at radius 2 is 2.00 bits per heavy atom. The summed E-state index contributed by atoms with van der Waals surface area (Å²) in [5.74, 6) is 0.0464. The lowest BCUT2D eigenvalue weighted by Crippen LogP contribution is -2.14. The van der Waals surface area contributed by atoms with Crippen LogP contribution in [0.3, 0.4) is 0 Å². The van der Waals surface area contributed by atoms with Crippen LogP contribution in [0.1, 0.15) is 33.1 Å². The molecule has 0 aliphatic rings. The largest absolute Gasteiger partial charge is 0.467 e. The number of amides is 1. The zero-order chi connectivity index (χ0) is 17.3. The van der Waals surface area contributed by atoms with Gasteiger partial charge in [-0.15, -0.1) is 0 Å². The third-order valence-electron chi connectivity index (χ3n) is 4.08. The molecule has 1 N–H and O–H groups in total. The predicted molar refractivity (Wildman–Crippen MR) is 90.8 cm³/mol. The van der Waals surface area contributed by atoms with Gasteiger partial charge in [-0.2, -0.15) is 0 Å². The van der Waals surface area contributed by atoms with Crippen molar-refractivity contribution in [3.63, 3.8) is 0 Å². The van der Waals surface area contributed by atoms with E-state index in [4.69, 9.17) is 4.42 Å². The molecule has 0 bridgehead atoms. The maximum Gasteiger partial charge on any atom is 0.257 e. The fourth-order valence-corrected chi connectivity index (χ4v) is 2.76. The van der Waals surface area contributed by atoms with Gasteiger partial charge in [-0.1, -0.05) is 6.07 Å². The van der Waals surface area contributed by atoms with E-state index in [2.05, 4.69) is 5.32 Å². The number of aromatic nitrogens is 1. The lowest BCUT2D eigenvalue weighted by molar-refractivity contribution is 0.102. The van der Waals surface area contributed by atoms with Crippen molar-refractivity contribution in [1.29, 1.82) is 0 Å². The Labute approximate surface area is 139 Å². The van der Waals surface area contributed by atoms with Crippen molar-refractivity contribution < 1.29 is 13.6 Å². The summed E-state index contributed by atoms with van der Waals surface area (Å²) >= 11 is 0. The van der Waals surface area contributed by atoms with Crippen LogP contribution in [0.15, 0.2) is 47.1 Å². The number of nitrogens with one attached hydrogen (secondary N) is 1. The number of carbonyl (C=O) groups is 1. The number of nitrogens with zero attached hydrogens (tertiary/aromatic N) is 1. The van der Waals surface area contributed by atoms with E-state index < -0.39 is 5.82 Å². The van der Waals surface area contributed by atoms with Crippen LogP contribution in [0.25, 0.3) is 0 Å². The first-order valence-corrected chi connectivity index (χ1v) is 7.72. The highest BCUT2D eigenvalue weighted by molar-refractivity contribution is 6.05. The van der Waals surface area contributed by atoms with E-state index in [-0.39, 0.29) is 11.6 Å². The van der Waals surface area contributed by atoms with E-state index in [1.807, 2.05) is 37.5 Å². The Kier molecular flexibility index (Phi) is 4.25. The molecular weight excluding hydrogens is 307 g/mol. The van der Waals surface area contributed by atoms with Crippen molar-refractivity contribution in [2.75, 3.05) is 5.32 Å². The van der Waals surface area contributed by atoms with Crippen molar-refractivity contribution in [2.45, 2.75) is 27.3 Å². The topological polar surface area (TPSA) is 47.2 Å². The predicted octanol–water partition coefficient (Wildman–Crippen LogP) is 4.45. The molecule has 0 aliphatic carbocycles. The monoisotopic (exact) mass is 326 g/mol. The van der Waals surface area contributed by atoms with E-state index >= 15 is 0 Å². The SMILES string of the molecule is Cc1ccc(F)c(NC(=O)c2cc(C)n(Cc3ccco3)c2C)c1. The zero-order valence-corrected chi connectivity index (χ0v) is 13.9. The third-order valence-corrected chi connectivity index (χ3v) is 4.08. The van der Waals surface area contributed by atoms with Gasteiger partial charge in [0.15, 0.2) is 0 Å². The number of aryl methyl sites for hydroxylation is 2. The number of halogens is 1. The first-order chi connectivity index (χ1) is 11.5. The first kappa shape index (κ1) is 16.1. The van der Waals surface area contributed by atoms with Gasteiger partial charge in [0.1, 0.15) is 11.6 Å². The normalized spacial score (nSPS) is 10.8. The number of furan rings is 1. The number of anilines is 1. The van der Waals surface area contributed by atoms with Crippen LogP contribution in [0.2, 0.25) is 0 Å². The molecule has 124 valence electrons. The molecule has 3 rings (SSSR count). The Bertz CT molecular complexity index is 879. The molecule has 0 saturated heterocycles. The molecule has 0 radical (unpaired) electrons. The molecule has 24 heavy (non-hydrogen) atoms. The fraction of sp³-hybridized carbons (Fsp3) is 0.211. The summed E-state index contributed by atoms with van der Waals surface area (Å²) in [7, 11) is 0. The van der Waals surface area contributed by atoms with Gasteiger partial charge in [0.05, 0.1) is 24.1 Å². The van der Waals surface area contributed by atoms with Crippen LogP contribution in [0, 0.1) is 26.6 Å². The second kappa shape index (κ2) is 6.35. The second-order valence-corrected chi connectivity index (χ2v) is 5.89. The summed E-state index contributed by atoms with van der Waals surface area (Å²) in [6.45, 7) is 6.21. The molecule has 1 aromatic carbocycles. The van der Waals surface area contributed by atoms with Crippen molar-refractivity contribution in [2.24, 2.45) is 0 Å². The van der Waals surface area contributed by atoms with Crippen molar-refractivity contribution >= 4 is 11.6 Å². The number of rotatable bonds is 4. The second-order valence-electron chi connectivity index (χ2n) is 5.89. The highest BCUT2D eigenvalue weighted by Crippen LogP contribution is 2.21. The third kappa shape index (κ3) is 3.11. The number of hydrogen-bond acceptors (Lipinski definition) is 2. The van der Waals surface area contributed by atoms with Gasteiger partial charge in [0, 0.05) is 11.4 Å². The molecular formula is C19H19FN2O2. The first-order valence-electron chi connectivity index (χ1n) is 7.72. The molecule has 0 saturated carbocycles. The minimum atomic E-state index is -0.446. The number of hydrogen-bond donors (Lipinski definition) is 1. The van der Waals surface area contributed by atoms with E-state index in [1.165, 1.54) is 6.07 Å². The average molecular weight is 326 g/mol. The number of benzene rings is 1. The highest BCUT2D eigenvalue weighted by Gasteiger charge is 2.17. The van der Waals surface area contributed by atoms with Gasteiger partial charge in [-0.05, 0) is 56.7 Å². The van der Waals surface area contributed by atoms with E-state index in [9.17, 15) is 9.18 Å². The van der Waals surface area contributed by atoms with Crippen LogP contribution >= 0.6 is 0 Å². The summed E-state index contributed by atoms with van der Waals surface area (Å²) in [4.78, 5) is 12.6. The molecule has 0 fully saturated rings. The molecule has 1 amide bonds. The summed E-state index contributed by atoms with van der Waals surface area (Å²) < 4.78 is 21.2. The Morgan fingerprint density at radius 1 is 1.21 bits per heavy atom. The van der Waals surface area contributed by atoms with Crippen LogP contribution < -0.4 is 5.32 Å². The summed E-state index contributed by atoms with van der Waals surface area (Å²) in [5, 5.41) is 2.66. The van der Waals surface area contributed by atoms with E-state index in [0.29, 0.717) is 12.1 Å². The molecule has 2 aromatic heterocycles. The smallest absolute Gasteiger partial charge is 0.257 e. The molecule has 2 heterocycles. The lowest BCUT2D eigenvalue weighted by Gasteiger charge is -2.09. The molecule has 5 heteroatoms. The summed E-state index contributed by atoms with van der Waals surface area (Å²) in [6, 6.07) is 10.2. The standard InChI is InChI=1S/C19H19FN2O2/c1-12-6-7-17(20)18(9-12)21-19(23)16-10-13(2)22(14(16)3)11-15-5-4-8-24-15/h4-10H,11H2,1-3H3,(H,21,23). The molecule has 0 atom stereocenters. The molecule has 4 nitrogen and oxygen atoms in total. The van der Waals surface area contributed by atoms with E-state index in [1.54, 1.807) is 24.5 Å². The zero-order valence-electron chi connectivity index (χ0n) is 13.9. The quantitative estimate of drug-likeness (QED) is 0.770.